The van der Waals surface area contributed by atoms with Gasteiger partial charge in [0, 0.05) is 39.6 Å². The number of rotatable bonds is 5. The topological polar surface area (TPSA) is 98.7 Å². The van der Waals surface area contributed by atoms with Crippen molar-refractivity contribution in [3.05, 3.63) is 16.3 Å². The molecule has 2 unspecified atom stereocenters. The Bertz CT molecular complexity index is 618. The highest BCUT2D eigenvalue weighted by Gasteiger charge is 2.28. The molecule has 1 aliphatic rings. The molecule has 0 saturated carbocycles. The summed E-state index contributed by atoms with van der Waals surface area (Å²) in [4.78, 5) is 12.4. The maximum atomic E-state index is 12.2. The Kier molecular flexibility index (Phi) is 6.78. The molecule has 2 rings (SSSR count). The number of thiophene rings is 1. The van der Waals surface area contributed by atoms with E-state index in [9.17, 15) is 18.3 Å². The minimum absolute atomic E-state index is 0. The van der Waals surface area contributed by atoms with Crippen LogP contribution in [0.4, 0.5) is 0 Å². The van der Waals surface area contributed by atoms with E-state index in [2.05, 4.69) is 10.6 Å². The van der Waals surface area contributed by atoms with Crippen LogP contribution >= 0.6 is 23.7 Å². The fourth-order valence-electron chi connectivity index (χ4n) is 2.09. The average Bonchev–Trinajstić information content (AvgIpc) is 3.04. The highest BCUT2D eigenvalue weighted by Crippen LogP contribution is 2.24. The molecule has 1 fully saturated rings. The summed E-state index contributed by atoms with van der Waals surface area (Å²) in [5.41, 5.74) is 0. The Balaban J connectivity index is 0.00000242. The van der Waals surface area contributed by atoms with Crippen molar-refractivity contribution in [3.63, 3.8) is 0 Å². The smallest absolute Gasteiger partial charge is 0.262 e. The Hall–Kier alpha value is -0.710. The van der Waals surface area contributed by atoms with Gasteiger partial charge in [0.1, 0.15) is 9.77 Å². The number of amides is 1. The first-order chi connectivity index (χ1) is 9.84. The first-order valence-electron chi connectivity index (χ1n) is 6.51. The largest absolute Gasteiger partial charge is 0.391 e. The van der Waals surface area contributed by atoms with E-state index in [1.807, 2.05) is 0 Å². The van der Waals surface area contributed by atoms with E-state index in [0.717, 1.165) is 15.6 Å². The van der Waals surface area contributed by atoms with Crippen molar-refractivity contribution in [2.24, 2.45) is 5.92 Å². The first-order valence-corrected chi connectivity index (χ1v) is 8.83. The number of β-amino-alcohol motifs (C(OH)–C–C–N with tert-alkyl or cyclic N) is 1. The Morgan fingerprint density at radius 1 is 1.50 bits per heavy atom. The van der Waals surface area contributed by atoms with Crippen molar-refractivity contribution in [1.82, 2.24) is 14.9 Å². The number of aliphatic hydroxyl groups is 1. The van der Waals surface area contributed by atoms with E-state index in [-0.39, 0.29) is 28.1 Å². The molecule has 0 bridgehead atoms. The zero-order valence-electron chi connectivity index (χ0n) is 12.3. The number of nitrogens with zero attached hydrogens (tertiary/aromatic N) is 1. The van der Waals surface area contributed by atoms with Gasteiger partial charge in [0.05, 0.1) is 6.10 Å². The fourth-order valence-corrected chi connectivity index (χ4v) is 4.30. The van der Waals surface area contributed by atoms with Crippen LogP contribution in [0.25, 0.3) is 0 Å². The van der Waals surface area contributed by atoms with Crippen LogP contribution in [0, 0.1) is 5.92 Å². The number of halogens is 1. The Morgan fingerprint density at radius 3 is 2.73 bits per heavy atom. The van der Waals surface area contributed by atoms with Gasteiger partial charge < -0.3 is 15.7 Å². The van der Waals surface area contributed by atoms with Crippen molar-refractivity contribution >= 4 is 39.7 Å². The summed E-state index contributed by atoms with van der Waals surface area (Å²) in [6.45, 7) is 1.46. The molecule has 1 aliphatic heterocycles. The number of carbonyl (C=O) groups excluding carboxylic acids is 1. The molecule has 1 aromatic heterocycles. The number of sulfonamides is 1. The third kappa shape index (κ3) is 3.98. The molecule has 0 radical (unpaired) electrons. The molecule has 126 valence electrons. The average molecular weight is 370 g/mol. The second-order valence-corrected chi connectivity index (χ2v) is 8.13. The predicted octanol–water partition coefficient (Wildman–Crippen LogP) is -0.270. The zero-order chi connectivity index (χ0) is 15.6. The van der Waals surface area contributed by atoms with Crippen LogP contribution in [0.15, 0.2) is 16.3 Å². The highest BCUT2D eigenvalue weighted by molar-refractivity contribution is 7.89. The minimum Gasteiger partial charge on any atom is -0.391 e. The second kappa shape index (κ2) is 7.71. The van der Waals surface area contributed by atoms with Crippen molar-refractivity contribution in [2.75, 3.05) is 33.7 Å². The van der Waals surface area contributed by atoms with Crippen LogP contribution in [0.3, 0.4) is 0 Å². The molecule has 1 amide bonds. The lowest BCUT2D eigenvalue weighted by Crippen LogP contribution is -2.35. The van der Waals surface area contributed by atoms with Gasteiger partial charge in [0.25, 0.3) is 5.91 Å². The lowest BCUT2D eigenvalue weighted by molar-refractivity contribution is 0.0928. The molecule has 3 N–H and O–H groups in total. The van der Waals surface area contributed by atoms with Crippen molar-refractivity contribution in [2.45, 2.75) is 11.0 Å². The SMILES string of the molecule is CN(C)S(=O)(=O)c1ccsc1C(=O)NCC1CNCC1O.Cl. The van der Waals surface area contributed by atoms with Gasteiger partial charge in [-0.25, -0.2) is 12.7 Å². The molecule has 2 heterocycles. The highest BCUT2D eigenvalue weighted by atomic mass is 35.5. The number of nitrogens with one attached hydrogen (secondary N) is 2. The van der Waals surface area contributed by atoms with Crippen LogP contribution in [-0.2, 0) is 10.0 Å². The van der Waals surface area contributed by atoms with Crippen molar-refractivity contribution < 1.29 is 18.3 Å². The van der Waals surface area contributed by atoms with E-state index in [0.29, 0.717) is 19.6 Å². The summed E-state index contributed by atoms with van der Waals surface area (Å²) < 4.78 is 25.3. The molecule has 1 aromatic rings. The van der Waals surface area contributed by atoms with Crippen LogP contribution in [-0.4, -0.2) is 63.6 Å². The molecular formula is C12H20ClN3O4S2. The quantitative estimate of drug-likeness (QED) is 0.663. The lowest BCUT2D eigenvalue weighted by atomic mass is 10.1. The first kappa shape index (κ1) is 19.3. The summed E-state index contributed by atoms with van der Waals surface area (Å²) in [6, 6.07) is 1.43. The van der Waals surface area contributed by atoms with E-state index < -0.39 is 22.0 Å². The summed E-state index contributed by atoms with van der Waals surface area (Å²) in [5.74, 6) is -0.479. The van der Waals surface area contributed by atoms with E-state index in [4.69, 9.17) is 0 Å². The molecule has 0 aromatic carbocycles. The normalized spacial score (nSPS) is 21.6. The summed E-state index contributed by atoms with van der Waals surface area (Å²) in [7, 11) is -0.784. The van der Waals surface area contributed by atoms with E-state index in [1.54, 1.807) is 5.38 Å². The molecule has 1 saturated heterocycles. The third-order valence-corrected chi connectivity index (χ3v) is 6.32. The maximum Gasteiger partial charge on any atom is 0.262 e. The minimum atomic E-state index is -3.64. The van der Waals surface area contributed by atoms with Crippen LogP contribution in [0.5, 0.6) is 0 Å². The molecular weight excluding hydrogens is 350 g/mol. The number of aliphatic hydroxyl groups excluding tert-OH is 1. The lowest BCUT2D eigenvalue weighted by Gasteiger charge is -2.15. The number of carbonyl (C=O) groups is 1. The van der Waals surface area contributed by atoms with Gasteiger partial charge >= 0.3 is 0 Å². The van der Waals surface area contributed by atoms with Gasteiger partial charge in [0.2, 0.25) is 10.0 Å². The summed E-state index contributed by atoms with van der Waals surface area (Å²) in [6.07, 6.45) is -0.487. The standard InChI is InChI=1S/C12H19N3O4S2.ClH/c1-15(2)21(18,19)10-3-4-20-11(10)12(17)14-6-8-5-13-7-9(8)16;/h3-4,8-9,13,16H,5-7H2,1-2H3,(H,14,17);1H. The van der Waals surface area contributed by atoms with Gasteiger partial charge in [-0.3, -0.25) is 4.79 Å². The van der Waals surface area contributed by atoms with E-state index in [1.165, 1.54) is 20.2 Å². The Morgan fingerprint density at radius 2 is 2.18 bits per heavy atom. The molecule has 2 atom stereocenters. The van der Waals surface area contributed by atoms with Crippen LogP contribution in [0.2, 0.25) is 0 Å². The van der Waals surface area contributed by atoms with Gasteiger partial charge in [-0.1, -0.05) is 0 Å². The predicted molar refractivity (Wildman–Crippen MR) is 87.1 cm³/mol. The van der Waals surface area contributed by atoms with Gasteiger partial charge in [-0.05, 0) is 11.4 Å². The summed E-state index contributed by atoms with van der Waals surface area (Å²) in [5, 5.41) is 17.0. The number of hydrogen-bond acceptors (Lipinski definition) is 6. The molecule has 0 spiro atoms. The summed E-state index contributed by atoms with van der Waals surface area (Å²) >= 11 is 1.09. The molecule has 0 aliphatic carbocycles. The number of hydrogen-bond donors (Lipinski definition) is 3. The van der Waals surface area contributed by atoms with Gasteiger partial charge in [-0.15, -0.1) is 23.7 Å². The van der Waals surface area contributed by atoms with Crippen molar-refractivity contribution in [3.8, 4) is 0 Å². The van der Waals surface area contributed by atoms with Crippen LogP contribution < -0.4 is 10.6 Å². The van der Waals surface area contributed by atoms with Crippen molar-refractivity contribution in [1.29, 1.82) is 0 Å². The zero-order valence-corrected chi connectivity index (χ0v) is 14.7. The molecule has 22 heavy (non-hydrogen) atoms. The molecule has 7 nitrogen and oxygen atoms in total. The fraction of sp³-hybridized carbons (Fsp3) is 0.583. The van der Waals surface area contributed by atoms with E-state index >= 15 is 0 Å². The van der Waals surface area contributed by atoms with Gasteiger partial charge in [0.15, 0.2) is 0 Å². The second-order valence-electron chi connectivity index (χ2n) is 5.10. The monoisotopic (exact) mass is 369 g/mol. The third-order valence-electron chi connectivity index (χ3n) is 3.42. The van der Waals surface area contributed by atoms with Gasteiger partial charge in [-0.2, -0.15) is 0 Å². The Labute approximate surface area is 140 Å². The van der Waals surface area contributed by atoms with Crippen LogP contribution in [0.1, 0.15) is 9.67 Å². The molecule has 10 heteroatoms. The maximum absolute atomic E-state index is 12.2.